The first kappa shape index (κ1) is 41.4. The molecule has 2 rings (SSSR count). The number of anilines is 1. The van der Waals surface area contributed by atoms with Crippen molar-refractivity contribution in [2.75, 3.05) is 5.73 Å². The normalized spacial score (nSPS) is 8.16. The van der Waals surface area contributed by atoms with Crippen molar-refractivity contribution in [1.29, 1.82) is 0 Å². The van der Waals surface area contributed by atoms with Crippen LogP contribution < -0.4 is 35.3 Å². The Morgan fingerprint density at radius 1 is 0.865 bits per heavy atom. The standard InChI is InChI=1S/C10H15N.C5H6N2.C4H6O4.C4H8O.C2H3BO2.Na/c1-2-3-4-7-10-8-5-6-9-11-10;6-5-3-1-2-4-7-5;1-3(5)7-8-4(2)6;1-2-3-4-5;1-2(4)5-3;/h5-6,8-9H,2-4,7H2,1H3;1-4H,(H2,6,7);1-2H3;4H,2-3H2,1H3;1H3;/q;;;;-1;+1. The summed E-state index contributed by atoms with van der Waals surface area (Å²) in [6, 6.07) is 11.5. The fourth-order valence-electron chi connectivity index (χ4n) is 1.71. The van der Waals surface area contributed by atoms with Crippen LogP contribution >= 0.6 is 0 Å². The van der Waals surface area contributed by atoms with Gasteiger partial charge in [-0.05, 0) is 43.5 Å². The van der Waals surface area contributed by atoms with Crippen molar-refractivity contribution in [3.63, 3.8) is 0 Å². The van der Waals surface area contributed by atoms with Crippen LogP contribution in [0.4, 0.5) is 5.82 Å². The zero-order valence-corrected chi connectivity index (χ0v) is 24.8. The molecule has 2 N–H and O–H groups in total. The number of carbonyl (C=O) groups excluding carboxylic acids is 4. The number of rotatable bonds is 6. The molecule has 0 unspecified atom stereocenters. The summed E-state index contributed by atoms with van der Waals surface area (Å²) in [7, 11) is 4.32. The van der Waals surface area contributed by atoms with Crippen LogP contribution in [0.3, 0.4) is 0 Å². The molecule has 0 saturated carbocycles. The van der Waals surface area contributed by atoms with Crippen LogP contribution in [0.15, 0.2) is 48.8 Å². The van der Waals surface area contributed by atoms with Gasteiger partial charge in [0.25, 0.3) is 0 Å². The summed E-state index contributed by atoms with van der Waals surface area (Å²) in [5, 5.41) is 0. The number of nitrogens with two attached hydrogens (primary N) is 1. The van der Waals surface area contributed by atoms with Crippen LogP contribution in [0.1, 0.15) is 72.4 Å². The molecular weight excluding hydrogens is 488 g/mol. The third-order valence-corrected chi connectivity index (χ3v) is 3.30. The Morgan fingerprint density at radius 3 is 1.62 bits per heavy atom. The van der Waals surface area contributed by atoms with E-state index in [0.29, 0.717) is 12.2 Å². The molecule has 0 fully saturated rings. The van der Waals surface area contributed by atoms with Gasteiger partial charge in [-0.15, -0.1) is 0 Å². The quantitative estimate of drug-likeness (QED) is 0.191. The number of aryl methyl sites for hydroxylation is 1. The number of unbranched alkanes of at least 4 members (excludes halogenated alkanes) is 3. The number of aldehydes is 1. The third-order valence-electron chi connectivity index (χ3n) is 3.30. The van der Waals surface area contributed by atoms with Crippen molar-refractivity contribution < 1.29 is 63.2 Å². The monoisotopic (exact) mass is 526 g/mol. The van der Waals surface area contributed by atoms with Crippen LogP contribution in [-0.4, -0.2) is 42.2 Å². The number of aromatic nitrogens is 2. The molecule has 0 atom stereocenters. The van der Waals surface area contributed by atoms with Crippen LogP contribution in [0, 0.1) is 0 Å². The summed E-state index contributed by atoms with van der Waals surface area (Å²) in [5.41, 5.74) is 6.47. The number of hydrogen-bond donors (Lipinski definition) is 1. The number of carbonyl (C=O) groups is 4. The molecule has 12 heteroatoms. The molecule has 2 aromatic heterocycles. The molecule has 10 nitrogen and oxygen atoms in total. The van der Waals surface area contributed by atoms with Gasteiger partial charge in [-0.25, -0.2) is 24.3 Å². The topological polar surface area (TPSA) is 148 Å². The maximum atomic E-state index is 9.85. The van der Waals surface area contributed by atoms with Gasteiger partial charge < -0.3 is 23.2 Å². The van der Waals surface area contributed by atoms with Gasteiger partial charge in [-0.3, -0.25) is 9.78 Å². The largest absolute Gasteiger partial charge is 1.00 e. The van der Waals surface area contributed by atoms with E-state index >= 15 is 0 Å². The van der Waals surface area contributed by atoms with Gasteiger partial charge in [0, 0.05) is 45.3 Å². The summed E-state index contributed by atoms with van der Waals surface area (Å²) in [5.74, 6) is -1.17. The summed E-state index contributed by atoms with van der Waals surface area (Å²) in [6.45, 7) is 7.72. The van der Waals surface area contributed by atoms with Gasteiger partial charge >= 0.3 is 41.5 Å². The number of pyridine rings is 2. The molecule has 2 aromatic rings. The molecule has 0 aliphatic rings. The summed E-state index contributed by atoms with van der Waals surface area (Å²) in [4.78, 5) is 54.2. The molecule has 199 valence electrons. The zero-order chi connectivity index (χ0) is 28.0. The van der Waals surface area contributed by atoms with E-state index in [1.165, 1.54) is 31.9 Å². The van der Waals surface area contributed by atoms with E-state index in [2.05, 4.69) is 45.4 Å². The van der Waals surface area contributed by atoms with E-state index in [9.17, 15) is 19.2 Å². The Labute approximate surface area is 243 Å². The first-order valence-corrected chi connectivity index (χ1v) is 11.4. The number of nitrogen functional groups attached to an aromatic ring is 1. The van der Waals surface area contributed by atoms with E-state index < -0.39 is 17.9 Å². The molecule has 3 radical (unpaired) electrons. The molecule has 0 saturated heterocycles. The molecule has 0 aliphatic heterocycles. The minimum Gasteiger partial charge on any atom is -0.793 e. The Balaban J connectivity index is -0.000000189. The molecule has 0 aromatic carbocycles. The van der Waals surface area contributed by atoms with Crippen LogP contribution in [0.2, 0.25) is 0 Å². The van der Waals surface area contributed by atoms with Crippen molar-refractivity contribution in [3.8, 4) is 0 Å². The van der Waals surface area contributed by atoms with Crippen molar-refractivity contribution >= 4 is 38.1 Å². The summed E-state index contributed by atoms with van der Waals surface area (Å²) >= 11 is 0. The second kappa shape index (κ2) is 33.2. The van der Waals surface area contributed by atoms with Crippen LogP contribution in [0.25, 0.3) is 0 Å². The van der Waals surface area contributed by atoms with Crippen LogP contribution in [0.5, 0.6) is 0 Å². The molecule has 37 heavy (non-hydrogen) atoms. The predicted octanol–water partition coefficient (Wildman–Crippen LogP) is 1.13. The fourth-order valence-corrected chi connectivity index (χ4v) is 1.71. The summed E-state index contributed by atoms with van der Waals surface area (Å²) in [6.07, 6.45) is 11.1. The average Bonchev–Trinajstić information content (AvgIpc) is 2.86. The van der Waals surface area contributed by atoms with Gasteiger partial charge in [-0.1, -0.05) is 38.8 Å². The minimum absolute atomic E-state index is 0. The fraction of sp³-hybridized carbons (Fsp3) is 0.440. The van der Waals surface area contributed by atoms with Gasteiger partial charge in [-0.2, -0.15) is 0 Å². The SMILES string of the molecule is CC(=O)OOC(C)=O.CCCC=O.CCCCCc1ccccn1.Nc1ccccn1.[B-]OC(C)=O.[Na+]. The van der Waals surface area contributed by atoms with Gasteiger partial charge in [0.15, 0.2) is 0 Å². The van der Waals surface area contributed by atoms with Gasteiger partial charge in [0.1, 0.15) is 12.1 Å². The molecule has 0 spiro atoms. The molecule has 0 aliphatic carbocycles. The number of nitrogens with zero attached hydrogens (tertiary/aromatic N) is 2. The predicted molar refractivity (Wildman–Crippen MR) is 138 cm³/mol. The Morgan fingerprint density at radius 2 is 1.38 bits per heavy atom. The Hall–Kier alpha value is -2.76. The zero-order valence-electron chi connectivity index (χ0n) is 22.8. The van der Waals surface area contributed by atoms with Crippen molar-refractivity contribution in [2.24, 2.45) is 0 Å². The van der Waals surface area contributed by atoms with E-state index in [4.69, 9.17) is 5.73 Å². The smallest absolute Gasteiger partial charge is 0.793 e. The van der Waals surface area contributed by atoms with E-state index in [0.717, 1.165) is 33.0 Å². The molecule has 0 bridgehead atoms. The van der Waals surface area contributed by atoms with Gasteiger partial charge in [0.05, 0.1) is 0 Å². The third kappa shape index (κ3) is 43.7. The van der Waals surface area contributed by atoms with E-state index in [1.807, 2.05) is 37.4 Å². The second-order valence-corrected chi connectivity index (χ2v) is 6.75. The Kier molecular flexibility index (Phi) is 37.2. The first-order valence-electron chi connectivity index (χ1n) is 11.4. The summed E-state index contributed by atoms with van der Waals surface area (Å²) < 4.78 is 3.61. The second-order valence-electron chi connectivity index (χ2n) is 6.75. The van der Waals surface area contributed by atoms with Crippen molar-refractivity contribution in [1.82, 2.24) is 9.97 Å². The van der Waals surface area contributed by atoms with Crippen LogP contribution in [-0.2, 0) is 40.0 Å². The molecule has 0 amide bonds. The van der Waals surface area contributed by atoms with E-state index in [-0.39, 0.29) is 29.6 Å². The number of hydrogen-bond acceptors (Lipinski definition) is 10. The minimum atomic E-state index is -0.639. The molecular formula is C25H38BN3NaO7. The van der Waals surface area contributed by atoms with Crippen molar-refractivity contribution in [3.05, 3.63) is 54.5 Å². The Bertz CT molecular complexity index is 787. The van der Waals surface area contributed by atoms with E-state index in [1.54, 1.807) is 12.3 Å². The van der Waals surface area contributed by atoms with Crippen molar-refractivity contribution in [2.45, 2.75) is 73.1 Å². The molecule has 2 heterocycles. The average molecular weight is 526 g/mol. The first-order chi connectivity index (χ1) is 17.1. The maximum absolute atomic E-state index is 9.85. The maximum Gasteiger partial charge on any atom is 1.00 e. The van der Waals surface area contributed by atoms with Gasteiger partial charge in [0.2, 0.25) is 5.97 Å².